The first-order chi connectivity index (χ1) is 6.41. The van der Waals surface area contributed by atoms with Gasteiger partial charge in [-0.05, 0) is 18.3 Å². The van der Waals surface area contributed by atoms with Crippen LogP contribution in [-0.4, -0.2) is 0 Å². The molecule has 0 rings (SSSR count). The van der Waals surface area contributed by atoms with Gasteiger partial charge in [-0.25, -0.2) is 0 Å². The molecule has 0 spiro atoms. The molecule has 0 aliphatic heterocycles. The van der Waals surface area contributed by atoms with Crippen LogP contribution in [0.25, 0.3) is 0 Å². The molecule has 0 aromatic carbocycles. The van der Waals surface area contributed by atoms with Crippen molar-refractivity contribution in [3.05, 3.63) is 0 Å². The number of hydrogen-bond acceptors (Lipinski definition) is 0. The molecule has 72 valence electrons. The minimum absolute atomic E-state index is 0.970. The van der Waals surface area contributed by atoms with E-state index in [0.29, 0.717) is 0 Å². The maximum atomic E-state index is 5.00. The second kappa shape index (κ2) is 11.1. The highest BCUT2D eigenvalue weighted by molar-refractivity contribution is 5.21. The molecule has 0 aromatic rings. The lowest BCUT2D eigenvalue weighted by molar-refractivity contribution is 0.594. The molecule has 0 saturated heterocycles. The molecule has 0 atom stereocenters. The van der Waals surface area contributed by atoms with Crippen molar-refractivity contribution in [2.24, 2.45) is 0 Å². The highest BCUT2D eigenvalue weighted by Crippen LogP contribution is 2.07. The molecule has 0 radical (unpaired) electrons. The summed E-state index contributed by atoms with van der Waals surface area (Å²) in [5.74, 6) is 7.91. The van der Waals surface area contributed by atoms with Gasteiger partial charge in [-0.15, -0.1) is 6.42 Å². The highest BCUT2D eigenvalue weighted by atomic mass is 13.9. The predicted molar refractivity (Wildman–Crippen MR) is 59.2 cm³/mol. The van der Waals surface area contributed by atoms with Crippen LogP contribution in [-0.2, 0) is 0 Å². The summed E-state index contributed by atoms with van der Waals surface area (Å²) in [5, 5.41) is 0. The van der Waals surface area contributed by atoms with Crippen LogP contribution in [0.4, 0.5) is 0 Å². The molecule has 0 fully saturated rings. The van der Waals surface area contributed by atoms with Crippen molar-refractivity contribution in [2.75, 3.05) is 0 Å². The van der Waals surface area contributed by atoms with Gasteiger partial charge in [-0.2, -0.15) is 0 Å². The third-order valence-electron chi connectivity index (χ3n) is 2.07. The average molecular weight is 176 g/mol. The van der Waals surface area contributed by atoms with Crippen LogP contribution >= 0.6 is 0 Å². The Kier molecular flexibility index (Phi) is 10.4. The van der Waals surface area contributed by atoms with Crippen LogP contribution in [0.5, 0.6) is 0 Å². The van der Waals surface area contributed by atoms with Crippen LogP contribution in [0.15, 0.2) is 0 Å². The monoisotopic (exact) mass is 176 g/mol. The van der Waals surface area contributed by atoms with E-state index in [1.807, 2.05) is 0 Å². The standard InChI is InChI=1S/C13H20/c1-3-5-7-9-11-13-12-10-8-6-4-2/h1H,4,6,8-13H2,2H3. The molecular weight excluding hydrogens is 156 g/mol. The zero-order valence-corrected chi connectivity index (χ0v) is 8.73. The number of hydrogen-bond donors (Lipinski definition) is 0. The maximum absolute atomic E-state index is 5.00. The number of terminal acetylenes is 1. The van der Waals surface area contributed by atoms with Gasteiger partial charge in [-0.1, -0.05) is 51.4 Å². The SMILES string of the molecule is C#CC#CCCCCCCCCC. The smallest absolute Gasteiger partial charge is 0.00989 e. The van der Waals surface area contributed by atoms with Gasteiger partial charge in [0.05, 0.1) is 0 Å². The molecule has 0 unspecified atom stereocenters. The first-order valence-electron chi connectivity index (χ1n) is 5.35. The number of rotatable bonds is 7. The average Bonchev–Trinajstić information content (AvgIpc) is 2.16. The van der Waals surface area contributed by atoms with Crippen molar-refractivity contribution >= 4 is 0 Å². The Morgan fingerprint density at radius 2 is 1.54 bits per heavy atom. The van der Waals surface area contributed by atoms with E-state index in [2.05, 4.69) is 24.7 Å². The largest absolute Gasteiger partial charge is 0.106 e. The van der Waals surface area contributed by atoms with E-state index in [1.165, 1.54) is 44.9 Å². The van der Waals surface area contributed by atoms with E-state index in [1.54, 1.807) is 0 Å². The summed E-state index contributed by atoms with van der Waals surface area (Å²) in [7, 11) is 0. The molecule has 0 heterocycles. The topological polar surface area (TPSA) is 0 Å². The van der Waals surface area contributed by atoms with Gasteiger partial charge in [0.1, 0.15) is 0 Å². The van der Waals surface area contributed by atoms with E-state index in [4.69, 9.17) is 6.42 Å². The van der Waals surface area contributed by atoms with Crippen LogP contribution in [0, 0.1) is 24.2 Å². The predicted octanol–water partition coefficient (Wildman–Crippen LogP) is 3.76. The van der Waals surface area contributed by atoms with Crippen molar-refractivity contribution in [3.63, 3.8) is 0 Å². The summed E-state index contributed by atoms with van der Waals surface area (Å²) in [6.45, 7) is 2.25. The molecule has 0 nitrogen and oxygen atoms in total. The van der Waals surface area contributed by atoms with Gasteiger partial charge in [0.15, 0.2) is 0 Å². The third kappa shape index (κ3) is 11.1. The summed E-state index contributed by atoms with van der Waals surface area (Å²) in [6, 6.07) is 0. The van der Waals surface area contributed by atoms with E-state index in [-0.39, 0.29) is 0 Å². The highest BCUT2D eigenvalue weighted by Gasteiger charge is 1.88. The summed E-state index contributed by atoms with van der Waals surface area (Å²) in [4.78, 5) is 0. The molecule has 0 aliphatic rings. The van der Waals surface area contributed by atoms with Crippen LogP contribution in [0.3, 0.4) is 0 Å². The zero-order valence-electron chi connectivity index (χ0n) is 8.73. The van der Waals surface area contributed by atoms with E-state index >= 15 is 0 Å². The molecule has 0 N–H and O–H groups in total. The van der Waals surface area contributed by atoms with Crippen molar-refractivity contribution in [2.45, 2.75) is 58.3 Å². The van der Waals surface area contributed by atoms with E-state index in [9.17, 15) is 0 Å². The molecule has 0 heteroatoms. The molecule has 0 bridgehead atoms. The third-order valence-corrected chi connectivity index (χ3v) is 2.07. The Balaban J connectivity index is 2.96. The van der Waals surface area contributed by atoms with Gasteiger partial charge in [0.2, 0.25) is 0 Å². The summed E-state index contributed by atoms with van der Waals surface area (Å²) in [6.07, 6.45) is 15.3. The van der Waals surface area contributed by atoms with Crippen LogP contribution < -0.4 is 0 Å². The minimum Gasteiger partial charge on any atom is -0.106 e. The first kappa shape index (κ1) is 12.1. The fraction of sp³-hybridized carbons (Fsp3) is 0.692. The Morgan fingerprint density at radius 1 is 0.923 bits per heavy atom. The maximum Gasteiger partial charge on any atom is 0.00989 e. The quantitative estimate of drug-likeness (QED) is 0.409. The Morgan fingerprint density at radius 3 is 2.15 bits per heavy atom. The van der Waals surface area contributed by atoms with Crippen molar-refractivity contribution < 1.29 is 0 Å². The minimum atomic E-state index is 0.970. The lowest BCUT2D eigenvalue weighted by atomic mass is 10.1. The molecule has 0 aliphatic carbocycles. The second-order valence-corrected chi connectivity index (χ2v) is 3.32. The number of unbranched alkanes of at least 4 members (excludes halogenated alkanes) is 7. The fourth-order valence-electron chi connectivity index (χ4n) is 1.28. The summed E-state index contributed by atoms with van der Waals surface area (Å²) >= 11 is 0. The van der Waals surface area contributed by atoms with Crippen molar-refractivity contribution in [1.82, 2.24) is 0 Å². The van der Waals surface area contributed by atoms with Gasteiger partial charge in [0.25, 0.3) is 0 Å². The molecule has 0 saturated carbocycles. The second-order valence-electron chi connectivity index (χ2n) is 3.32. The van der Waals surface area contributed by atoms with Crippen molar-refractivity contribution in [1.29, 1.82) is 0 Å². The van der Waals surface area contributed by atoms with Crippen LogP contribution in [0.1, 0.15) is 58.3 Å². The van der Waals surface area contributed by atoms with Crippen LogP contribution in [0.2, 0.25) is 0 Å². The Hall–Kier alpha value is -0.880. The molecule has 0 amide bonds. The molecular formula is C13H20. The normalized spacial score (nSPS) is 8.62. The Bertz CT molecular complexity index is 184. The summed E-state index contributed by atoms with van der Waals surface area (Å²) in [5.41, 5.74) is 0. The van der Waals surface area contributed by atoms with E-state index < -0.39 is 0 Å². The molecule has 0 aromatic heterocycles. The Labute approximate surface area is 83.1 Å². The zero-order chi connectivity index (χ0) is 9.78. The van der Waals surface area contributed by atoms with Crippen molar-refractivity contribution in [3.8, 4) is 24.2 Å². The fourth-order valence-corrected chi connectivity index (χ4v) is 1.28. The summed E-state index contributed by atoms with van der Waals surface area (Å²) < 4.78 is 0. The van der Waals surface area contributed by atoms with Gasteiger partial charge < -0.3 is 0 Å². The van der Waals surface area contributed by atoms with Gasteiger partial charge in [-0.3, -0.25) is 0 Å². The van der Waals surface area contributed by atoms with E-state index in [0.717, 1.165) is 6.42 Å². The lowest BCUT2D eigenvalue weighted by Crippen LogP contribution is -1.78. The molecule has 13 heavy (non-hydrogen) atoms. The first-order valence-corrected chi connectivity index (χ1v) is 5.35. The van der Waals surface area contributed by atoms with Gasteiger partial charge >= 0.3 is 0 Å². The van der Waals surface area contributed by atoms with Gasteiger partial charge in [0, 0.05) is 6.42 Å². The lowest BCUT2D eigenvalue weighted by Gasteiger charge is -1.97.